The summed E-state index contributed by atoms with van der Waals surface area (Å²) in [7, 11) is 0. The molecule has 0 saturated carbocycles. The summed E-state index contributed by atoms with van der Waals surface area (Å²) in [6.07, 6.45) is 6.43. The molecule has 8 heteroatoms. The van der Waals surface area contributed by atoms with Crippen molar-refractivity contribution in [2.75, 3.05) is 24.4 Å². The van der Waals surface area contributed by atoms with Gasteiger partial charge >= 0.3 is 0 Å². The highest BCUT2D eigenvalue weighted by molar-refractivity contribution is 9.10. The first-order valence-electron chi connectivity index (χ1n) is 6.87. The lowest BCUT2D eigenvalue weighted by atomic mass is 10.2. The summed E-state index contributed by atoms with van der Waals surface area (Å²) in [4.78, 5) is 11.7. The van der Waals surface area contributed by atoms with Crippen molar-refractivity contribution in [3.05, 3.63) is 16.2 Å². The minimum Gasteiger partial charge on any atom is -0.377 e. The molecule has 2 aromatic rings. The number of anilines is 1. The molecule has 0 N–H and O–H groups in total. The molecule has 0 spiro atoms. The van der Waals surface area contributed by atoms with Gasteiger partial charge in [-0.25, -0.2) is 9.97 Å². The second-order valence-electron chi connectivity index (χ2n) is 5.24. The molecule has 2 atom stereocenters. The molecule has 112 valence electrons. The molecule has 2 aromatic heterocycles. The van der Waals surface area contributed by atoms with Gasteiger partial charge in [0.25, 0.3) is 0 Å². The number of halogens is 1. The number of morpholine rings is 1. The molecule has 0 aliphatic carbocycles. The third-order valence-corrected chi connectivity index (χ3v) is 5.89. The van der Waals surface area contributed by atoms with Gasteiger partial charge < -0.3 is 9.64 Å². The monoisotopic (exact) mass is 386 g/mol. The summed E-state index contributed by atoms with van der Waals surface area (Å²) in [5.74, 6) is 0.948. The summed E-state index contributed by atoms with van der Waals surface area (Å²) in [6, 6.07) is 0.995. The number of imidazole rings is 1. The maximum atomic E-state index is 5.65. The number of hydrogen-bond donors (Lipinski definition) is 0. The third kappa shape index (κ3) is 2.42. The average Bonchev–Trinajstić information content (AvgIpc) is 3.15. The van der Waals surface area contributed by atoms with Crippen molar-refractivity contribution in [2.24, 2.45) is 0 Å². The Morgan fingerprint density at radius 2 is 2.10 bits per heavy atom. The number of rotatable bonds is 3. The Kier molecular flexibility index (Phi) is 3.72. The molecule has 4 rings (SSSR count). The van der Waals surface area contributed by atoms with Gasteiger partial charge in [0, 0.05) is 11.6 Å². The molecule has 2 bridgehead atoms. The topological polar surface area (TPSA) is 43.2 Å². The Hall–Kier alpha value is -0.570. The Morgan fingerprint density at radius 1 is 1.33 bits per heavy atom. The van der Waals surface area contributed by atoms with Gasteiger partial charge in [0.15, 0.2) is 16.1 Å². The Balaban J connectivity index is 1.67. The lowest BCUT2D eigenvalue weighted by molar-refractivity contribution is 0.0906. The van der Waals surface area contributed by atoms with Gasteiger partial charge in [-0.05, 0) is 35.0 Å². The third-order valence-electron chi connectivity index (χ3n) is 4.01. The van der Waals surface area contributed by atoms with Gasteiger partial charge in [-0.15, -0.1) is 11.3 Å². The van der Waals surface area contributed by atoms with Crippen LogP contribution in [0.25, 0.3) is 5.82 Å². The van der Waals surface area contributed by atoms with Crippen molar-refractivity contribution in [3.63, 3.8) is 0 Å². The van der Waals surface area contributed by atoms with E-state index in [4.69, 9.17) is 9.72 Å². The van der Waals surface area contributed by atoms with Crippen molar-refractivity contribution in [3.8, 4) is 5.82 Å². The van der Waals surface area contributed by atoms with Crippen LogP contribution in [-0.4, -0.2) is 46.1 Å². The summed E-state index contributed by atoms with van der Waals surface area (Å²) >= 11 is 6.77. The van der Waals surface area contributed by atoms with E-state index in [2.05, 4.69) is 31.2 Å². The maximum Gasteiger partial charge on any atom is 0.188 e. The van der Waals surface area contributed by atoms with Crippen molar-refractivity contribution in [2.45, 2.75) is 30.1 Å². The zero-order valence-corrected chi connectivity index (χ0v) is 14.7. The van der Waals surface area contributed by atoms with E-state index in [1.165, 1.54) is 12.8 Å². The largest absolute Gasteiger partial charge is 0.377 e. The molecule has 2 fully saturated rings. The van der Waals surface area contributed by atoms with Crippen LogP contribution < -0.4 is 4.90 Å². The van der Waals surface area contributed by atoms with Crippen molar-refractivity contribution >= 4 is 44.2 Å². The first-order valence-corrected chi connectivity index (χ1v) is 9.77. The van der Waals surface area contributed by atoms with Crippen LogP contribution in [0.4, 0.5) is 5.13 Å². The fraction of sp³-hybridized carbons (Fsp3) is 0.538. The number of hydrogen-bond acceptors (Lipinski definition) is 6. The van der Waals surface area contributed by atoms with Gasteiger partial charge in [0.2, 0.25) is 0 Å². The molecule has 0 radical (unpaired) electrons. The number of ether oxygens (including phenoxy) is 1. The first kappa shape index (κ1) is 14.0. The lowest BCUT2D eigenvalue weighted by Gasteiger charge is -2.34. The Bertz CT molecular complexity index is 642. The molecule has 2 saturated heterocycles. The van der Waals surface area contributed by atoms with Crippen LogP contribution in [0.5, 0.6) is 0 Å². The van der Waals surface area contributed by atoms with Gasteiger partial charge in [0.1, 0.15) is 4.60 Å². The van der Waals surface area contributed by atoms with Crippen molar-refractivity contribution in [1.29, 1.82) is 0 Å². The summed E-state index contributed by atoms with van der Waals surface area (Å²) in [5.41, 5.74) is 0. The number of nitrogens with zero attached hydrogens (tertiary/aromatic N) is 4. The minimum absolute atomic E-state index is 0.497. The van der Waals surface area contributed by atoms with Crippen LogP contribution in [0.3, 0.4) is 0 Å². The molecule has 4 heterocycles. The maximum absolute atomic E-state index is 5.65. The minimum atomic E-state index is 0.497. The summed E-state index contributed by atoms with van der Waals surface area (Å²) < 4.78 is 8.53. The molecule has 21 heavy (non-hydrogen) atoms. The summed E-state index contributed by atoms with van der Waals surface area (Å²) in [6.45, 7) is 1.66. The van der Waals surface area contributed by atoms with Crippen LogP contribution in [0, 0.1) is 0 Å². The Morgan fingerprint density at radius 3 is 2.81 bits per heavy atom. The van der Waals surface area contributed by atoms with Crippen LogP contribution in [0.15, 0.2) is 21.3 Å². The predicted octanol–water partition coefficient (Wildman–Crippen LogP) is 3.18. The number of thioether (sulfide) groups is 1. The first-order chi connectivity index (χ1) is 10.3. The van der Waals surface area contributed by atoms with Crippen LogP contribution >= 0.6 is 39.0 Å². The normalized spacial score (nSPS) is 24.8. The van der Waals surface area contributed by atoms with E-state index in [1.54, 1.807) is 23.1 Å². The number of aromatic nitrogens is 3. The second kappa shape index (κ2) is 5.57. The van der Waals surface area contributed by atoms with Crippen molar-refractivity contribution in [1.82, 2.24) is 14.5 Å². The van der Waals surface area contributed by atoms with E-state index in [0.29, 0.717) is 12.1 Å². The smallest absolute Gasteiger partial charge is 0.188 e. The lowest BCUT2D eigenvalue weighted by Crippen LogP contribution is -2.45. The molecule has 2 aliphatic rings. The van der Waals surface area contributed by atoms with Crippen LogP contribution in [-0.2, 0) is 4.74 Å². The number of fused-ring (bicyclic) bond motifs is 2. The van der Waals surface area contributed by atoms with Crippen LogP contribution in [0.2, 0.25) is 0 Å². The second-order valence-corrected chi connectivity index (χ2v) is 7.66. The predicted molar refractivity (Wildman–Crippen MR) is 88.8 cm³/mol. The molecular formula is C13H15BrN4OS2. The zero-order chi connectivity index (χ0) is 14.4. The average molecular weight is 387 g/mol. The molecule has 0 unspecified atom stereocenters. The highest BCUT2D eigenvalue weighted by Gasteiger charge is 2.38. The van der Waals surface area contributed by atoms with E-state index in [-0.39, 0.29) is 0 Å². The molecule has 0 aromatic carbocycles. The highest BCUT2D eigenvalue weighted by atomic mass is 79.9. The van der Waals surface area contributed by atoms with E-state index < -0.39 is 0 Å². The van der Waals surface area contributed by atoms with E-state index in [1.807, 2.05) is 17.0 Å². The molecular weight excluding hydrogens is 372 g/mol. The number of thiazole rings is 1. The molecule has 0 amide bonds. The zero-order valence-electron chi connectivity index (χ0n) is 11.5. The summed E-state index contributed by atoms with van der Waals surface area (Å²) in [5, 5.41) is 4.17. The van der Waals surface area contributed by atoms with E-state index in [0.717, 1.165) is 33.9 Å². The van der Waals surface area contributed by atoms with Gasteiger partial charge in [-0.3, -0.25) is 4.57 Å². The van der Waals surface area contributed by atoms with Crippen molar-refractivity contribution < 1.29 is 4.74 Å². The Labute approximate surface area is 139 Å². The van der Waals surface area contributed by atoms with E-state index in [9.17, 15) is 0 Å². The fourth-order valence-corrected chi connectivity index (χ4v) is 5.04. The van der Waals surface area contributed by atoms with Crippen LogP contribution in [0.1, 0.15) is 12.8 Å². The highest BCUT2D eigenvalue weighted by Crippen LogP contribution is 2.36. The molecule has 5 nitrogen and oxygen atoms in total. The van der Waals surface area contributed by atoms with Gasteiger partial charge in [-0.1, -0.05) is 11.8 Å². The SMILES string of the molecule is CSc1nc(Br)cn1-c1csc(N2[C@@H]3CC[C@H]2COC3)n1. The fourth-order valence-electron chi connectivity index (χ4n) is 3.07. The van der Waals surface area contributed by atoms with Gasteiger partial charge in [0.05, 0.1) is 25.3 Å². The quantitative estimate of drug-likeness (QED) is 0.757. The van der Waals surface area contributed by atoms with Gasteiger partial charge in [-0.2, -0.15) is 0 Å². The van der Waals surface area contributed by atoms with E-state index >= 15 is 0 Å². The standard InChI is InChI=1S/C13H15BrN4OS2/c1-20-12-15-10(14)4-17(12)11-7-21-13(16-11)18-8-2-3-9(18)6-19-5-8/h4,7-9H,2-3,5-6H2,1H3/t8-,9+. The molecule has 2 aliphatic heterocycles.